The molecule has 0 atom stereocenters. The van der Waals surface area contributed by atoms with Crippen molar-refractivity contribution in [2.75, 3.05) is 0 Å². The van der Waals surface area contributed by atoms with Gasteiger partial charge in [0.2, 0.25) is 0 Å². The van der Waals surface area contributed by atoms with Crippen LogP contribution in [-0.4, -0.2) is 11.9 Å². The molecule has 0 unspecified atom stereocenters. The summed E-state index contributed by atoms with van der Waals surface area (Å²) in [6.45, 7) is 3.78. The van der Waals surface area contributed by atoms with Gasteiger partial charge in [0.1, 0.15) is 11.6 Å². The highest BCUT2D eigenvalue weighted by atomic mass is 79.9. The highest BCUT2D eigenvalue weighted by Crippen LogP contribution is 2.24. The lowest BCUT2D eigenvalue weighted by Crippen LogP contribution is -2.10. The topological polar surface area (TPSA) is 26.3 Å². The molecule has 2 rings (SSSR count). The fourth-order valence-corrected chi connectivity index (χ4v) is 2.05. The average Bonchev–Trinajstić information content (AvgIpc) is 2.41. The largest absolute Gasteiger partial charge is 0.490 e. The van der Waals surface area contributed by atoms with Crippen LogP contribution in [0.2, 0.25) is 0 Å². The minimum Gasteiger partial charge on any atom is -0.490 e. The van der Waals surface area contributed by atoms with E-state index in [-0.39, 0.29) is 11.9 Å². The second-order valence-electron chi connectivity index (χ2n) is 4.62. The van der Waals surface area contributed by atoms with E-state index in [9.17, 15) is 9.18 Å². The zero-order chi connectivity index (χ0) is 14.7. The van der Waals surface area contributed by atoms with Crippen LogP contribution in [0.15, 0.2) is 46.9 Å². The highest BCUT2D eigenvalue weighted by molar-refractivity contribution is 9.10. The first-order chi connectivity index (χ1) is 9.49. The summed E-state index contributed by atoms with van der Waals surface area (Å²) < 4.78 is 19.5. The van der Waals surface area contributed by atoms with Gasteiger partial charge in [0.25, 0.3) is 0 Å². The molecule has 0 bridgehead atoms. The molecule has 0 aliphatic rings. The fourth-order valence-electron chi connectivity index (χ4n) is 1.80. The van der Waals surface area contributed by atoms with E-state index < -0.39 is 5.82 Å². The summed E-state index contributed by atoms with van der Waals surface area (Å²) in [7, 11) is 0. The van der Waals surface area contributed by atoms with Crippen molar-refractivity contribution < 1.29 is 13.9 Å². The van der Waals surface area contributed by atoms with E-state index in [1.165, 1.54) is 12.1 Å². The first kappa shape index (κ1) is 14.7. The van der Waals surface area contributed by atoms with E-state index >= 15 is 0 Å². The highest BCUT2D eigenvalue weighted by Gasteiger charge is 2.16. The minimum atomic E-state index is -0.460. The second kappa shape index (κ2) is 6.18. The van der Waals surface area contributed by atoms with E-state index in [2.05, 4.69) is 15.9 Å². The molecule has 0 spiro atoms. The lowest BCUT2D eigenvalue weighted by molar-refractivity contribution is 0.103. The third-order valence-electron chi connectivity index (χ3n) is 2.68. The van der Waals surface area contributed by atoms with Gasteiger partial charge in [0, 0.05) is 5.56 Å². The van der Waals surface area contributed by atoms with Crippen molar-refractivity contribution in [2.45, 2.75) is 20.0 Å². The van der Waals surface area contributed by atoms with Crippen LogP contribution in [0.5, 0.6) is 5.75 Å². The summed E-state index contributed by atoms with van der Waals surface area (Å²) in [5, 5.41) is 0. The molecule has 0 fully saturated rings. The predicted molar refractivity (Wildman–Crippen MR) is 79.7 cm³/mol. The summed E-state index contributed by atoms with van der Waals surface area (Å²) in [4.78, 5) is 12.5. The minimum absolute atomic E-state index is 0.0365. The molecule has 104 valence electrons. The third-order valence-corrected chi connectivity index (χ3v) is 3.32. The Labute approximate surface area is 125 Å². The Balaban J connectivity index is 2.40. The quantitative estimate of drug-likeness (QED) is 0.762. The maximum Gasteiger partial charge on any atom is 0.196 e. The number of carbonyl (C=O) groups excluding carboxylic acids is 1. The Morgan fingerprint density at radius 3 is 2.55 bits per heavy atom. The van der Waals surface area contributed by atoms with Gasteiger partial charge in [-0.1, -0.05) is 12.1 Å². The number of para-hydroxylation sites is 1. The molecule has 0 aliphatic heterocycles. The molecule has 0 saturated carbocycles. The van der Waals surface area contributed by atoms with Crippen LogP contribution < -0.4 is 4.74 Å². The zero-order valence-corrected chi connectivity index (χ0v) is 12.8. The molecule has 0 aliphatic carbocycles. The molecule has 0 amide bonds. The molecule has 0 saturated heterocycles. The van der Waals surface area contributed by atoms with Crippen LogP contribution in [-0.2, 0) is 0 Å². The lowest BCUT2D eigenvalue weighted by Gasteiger charge is -2.13. The van der Waals surface area contributed by atoms with Gasteiger partial charge in [-0.25, -0.2) is 4.39 Å². The average molecular weight is 337 g/mol. The van der Waals surface area contributed by atoms with Gasteiger partial charge in [-0.15, -0.1) is 0 Å². The Hall–Kier alpha value is -1.68. The Morgan fingerprint density at radius 1 is 1.20 bits per heavy atom. The van der Waals surface area contributed by atoms with Crippen LogP contribution in [0.25, 0.3) is 0 Å². The van der Waals surface area contributed by atoms with Gasteiger partial charge in [0.05, 0.1) is 16.1 Å². The van der Waals surface area contributed by atoms with Crippen molar-refractivity contribution in [2.24, 2.45) is 0 Å². The molecule has 2 nitrogen and oxygen atoms in total. The summed E-state index contributed by atoms with van der Waals surface area (Å²) in [6, 6.07) is 11.3. The zero-order valence-electron chi connectivity index (χ0n) is 11.2. The number of hydrogen-bond acceptors (Lipinski definition) is 2. The van der Waals surface area contributed by atoms with Crippen LogP contribution in [0, 0.1) is 5.82 Å². The molecular weight excluding hydrogens is 323 g/mol. The van der Waals surface area contributed by atoms with Gasteiger partial charge >= 0.3 is 0 Å². The summed E-state index contributed by atoms with van der Waals surface area (Å²) >= 11 is 3.07. The number of ketones is 1. The Morgan fingerprint density at radius 2 is 1.90 bits per heavy atom. The summed E-state index contributed by atoms with van der Waals surface area (Å²) in [5.74, 6) is -0.207. The number of halogens is 2. The molecule has 0 N–H and O–H groups in total. The summed E-state index contributed by atoms with van der Waals surface area (Å²) in [6.07, 6.45) is -0.0365. The van der Waals surface area contributed by atoms with Crippen LogP contribution in [0.4, 0.5) is 4.39 Å². The fraction of sp³-hybridized carbons (Fsp3) is 0.188. The summed E-state index contributed by atoms with van der Waals surface area (Å²) in [5.41, 5.74) is 0.730. The van der Waals surface area contributed by atoms with Crippen molar-refractivity contribution in [3.63, 3.8) is 0 Å². The molecule has 0 radical (unpaired) electrons. The van der Waals surface area contributed by atoms with Gasteiger partial charge in [-0.05, 0) is 60.1 Å². The van der Waals surface area contributed by atoms with Crippen LogP contribution in [0.1, 0.15) is 29.8 Å². The van der Waals surface area contributed by atoms with Crippen molar-refractivity contribution in [3.05, 3.63) is 63.9 Å². The first-order valence-corrected chi connectivity index (χ1v) is 7.03. The predicted octanol–water partition coefficient (Wildman–Crippen LogP) is 4.61. The third kappa shape index (κ3) is 3.25. The maximum atomic E-state index is 13.5. The van der Waals surface area contributed by atoms with Gasteiger partial charge in [-0.2, -0.15) is 0 Å². The van der Waals surface area contributed by atoms with Crippen molar-refractivity contribution >= 4 is 21.7 Å². The van der Waals surface area contributed by atoms with Gasteiger partial charge in [0.15, 0.2) is 5.78 Å². The van der Waals surface area contributed by atoms with E-state index in [0.717, 1.165) is 0 Å². The molecule has 4 heteroatoms. The number of hydrogen-bond donors (Lipinski definition) is 0. The SMILES string of the molecule is CC(C)Oc1ccccc1C(=O)c1ccc(Br)c(F)c1. The van der Waals surface area contributed by atoms with Crippen LogP contribution in [0.3, 0.4) is 0 Å². The van der Waals surface area contributed by atoms with E-state index in [4.69, 9.17) is 4.74 Å². The normalized spacial score (nSPS) is 10.7. The maximum absolute atomic E-state index is 13.5. The molecule has 2 aromatic carbocycles. The molecule has 0 heterocycles. The Bertz CT molecular complexity index is 638. The molecule has 20 heavy (non-hydrogen) atoms. The van der Waals surface area contributed by atoms with Crippen molar-refractivity contribution in [1.82, 2.24) is 0 Å². The second-order valence-corrected chi connectivity index (χ2v) is 5.48. The smallest absolute Gasteiger partial charge is 0.196 e. The number of carbonyl (C=O) groups is 1. The monoisotopic (exact) mass is 336 g/mol. The molecular formula is C16H14BrFO2. The van der Waals surface area contributed by atoms with E-state index in [1.54, 1.807) is 30.3 Å². The van der Waals surface area contributed by atoms with Crippen molar-refractivity contribution in [3.8, 4) is 5.75 Å². The van der Waals surface area contributed by atoms with Gasteiger partial charge < -0.3 is 4.74 Å². The van der Waals surface area contributed by atoms with Crippen molar-refractivity contribution in [1.29, 1.82) is 0 Å². The molecule has 0 aromatic heterocycles. The Kier molecular flexibility index (Phi) is 4.55. The number of ether oxygens (including phenoxy) is 1. The lowest BCUT2D eigenvalue weighted by atomic mass is 10.0. The van der Waals surface area contributed by atoms with E-state index in [0.29, 0.717) is 21.3 Å². The van der Waals surface area contributed by atoms with E-state index in [1.807, 2.05) is 13.8 Å². The van der Waals surface area contributed by atoms with Gasteiger partial charge in [-0.3, -0.25) is 4.79 Å². The standard InChI is InChI=1S/C16H14BrFO2/c1-10(2)20-15-6-4-3-5-12(15)16(19)11-7-8-13(17)14(18)9-11/h3-10H,1-2H3. The molecule has 2 aromatic rings. The number of benzene rings is 2. The first-order valence-electron chi connectivity index (χ1n) is 6.24. The van der Waals surface area contributed by atoms with Crippen LogP contribution >= 0.6 is 15.9 Å². The number of rotatable bonds is 4.